The highest BCUT2D eigenvalue weighted by Gasteiger charge is 2.25. The summed E-state index contributed by atoms with van der Waals surface area (Å²) in [5, 5.41) is 5.73. The van der Waals surface area contributed by atoms with Crippen LogP contribution in [-0.4, -0.2) is 57.4 Å². The fourth-order valence-corrected chi connectivity index (χ4v) is 4.18. The van der Waals surface area contributed by atoms with E-state index in [4.69, 9.17) is 0 Å². The fraction of sp³-hybridized carbons (Fsp3) is 0.286. The van der Waals surface area contributed by atoms with Gasteiger partial charge >= 0.3 is 6.03 Å². The summed E-state index contributed by atoms with van der Waals surface area (Å²) < 4.78 is 0. The Kier molecular flexibility index (Phi) is 6.00. The molecule has 1 aromatic heterocycles. The van der Waals surface area contributed by atoms with Crippen molar-refractivity contribution in [1.82, 2.24) is 20.2 Å². The van der Waals surface area contributed by atoms with Crippen LogP contribution in [0.2, 0.25) is 0 Å². The first-order valence-electron chi connectivity index (χ1n) is 9.62. The van der Waals surface area contributed by atoms with Crippen LogP contribution in [0.4, 0.5) is 10.7 Å². The van der Waals surface area contributed by atoms with E-state index in [1.165, 1.54) is 0 Å². The number of para-hydroxylation sites is 2. The maximum atomic E-state index is 13.0. The second-order valence-corrected chi connectivity index (χ2v) is 8.11. The van der Waals surface area contributed by atoms with E-state index in [2.05, 4.69) is 20.6 Å². The minimum Gasteiger partial charge on any atom is -0.326 e. The number of aromatic nitrogens is 2. The third kappa shape index (κ3) is 4.89. The van der Waals surface area contributed by atoms with Crippen LogP contribution in [0, 0.1) is 0 Å². The summed E-state index contributed by atoms with van der Waals surface area (Å²) in [7, 11) is 0. The van der Waals surface area contributed by atoms with Gasteiger partial charge in [-0.3, -0.25) is 10.1 Å². The fourth-order valence-electron chi connectivity index (χ4n) is 3.28. The van der Waals surface area contributed by atoms with E-state index in [1.807, 2.05) is 66.4 Å². The van der Waals surface area contributed by atoms with E-state index in [-0.39, 0.29) is 11.9 Å². The van der Waals surface area contributed by atoms with Gasteiger partial charge in [-0.25, -0.2) is 9.78 Å². The van der Waals surface area contributed by atoms with Gasteiger partial charge in [-0.05, 0) is 17.7 Å². The zero-order chi connectivity index (χ0) is 20.1. The minimum atomic E-state index is -0.701. The van der Waals surface area contributed by atoms with E-state index in [9.17, 15) is 9.59 Å². The molecule has 0 radical (unpaired) electrons. The zero-order valence-electron chi connectivity index (χ0n) is 15.9. The normalized spacial score (nSPS) is 15.1. The van der Waals surface area contributed by atoms with Gasteiger partial charge in [-0.2, -0.15) is 11.8 Å². The lowest BCUT2D eigenvalue weighted by Crippen LogP contribution is -2.52. The molecule has 4 rings (SSSR count). The lowest BCUT2D eigenvalue weighted by atomic mass is 10.1. The number of hydrogen-bond donors (Lipinski definition) is 3. The summed E-state index contributed by atoms with van der Waals surface area (Å²) in [6.45, 7) is 1.39. The summed E-state index contributed by atoms with van der Waals surface area (Å²) >= 11 is 1.83. The van der Waals surface area contributed by atoms with Gasteiger partial charge in [0.05, 0.1) is 11.0 Å². The van der Waals surface area contributed by atoms with Crippen LogP contribution < -0.4 is 10.6 Å². The molecule has 150 valence electrons. The van der Waals surface area contributed by atoms with Gasteiger partial charge in [0.2, 0.25) is 11.9 Å². The number of carbonyl (C=O) groups excluding carboxylic acids is 2. The number of nitrogens with one attached hydrogen (secondary N) is 3. The molecule has 29 heavy (non-hydrogen) atoms. The van der Waals surface area contributed by atoms with Gasteiger partial charge in [0.1, 0.15) is 6.04 Å². The minimum absolute atomic E-state index is 0.203. The first-order chi connectivity index (χ1) is 14.2. The Morgan fingerprint density at radius 1 is 1.07 bits per heavy atom. The van der Waals surface area contributed by atoms with Gasteiger partial charge in [-0.15, -0.1) is 0 Å². The monoisotopic (exact) mass is 409 g/mol. The molecule has 0 aliphatic carbocycles. The number of rotatable bonds is 5. The van der Waals surface area contributed by atoms with Crippen LogP contribution in [0.5, 0.6) is 0 Å². The number of hydrogen-bond acceptors (Lipinski definition) is 4. The number of amides is 3. The molecule has 3 aromatic rings. The number of urea groups is 1. The molecule has 1 atom stereocenters. The number of carbonyl (C=O) groups is 2. The Morgan fingerprint density at radius 2 is 1.79 bits per heavy atom. The average Bonchev–Trinajstić information content (AvgIpc) is 3.17. The zero-order valence-corrected chi connectivity index (χ0v) is 16.7. The summed E-state index contributed by atoms with van der Waals surface area (Å²) in [5.74, 6) is 1.91. The molecule has 3 amide bonds. The molecule has 1 aliphatic heterocycles. The van der Waals surface area contributed by atoms with Gasteiger partial charge in [-0.1, -0.05) is 42.5 Å². The number of imidazole rings is 1. The van der Waals surface area contributed by atoms with Crippen LogP contribution >= 0.6 is 11.8 Å². The summed E-state index contributed by atoms with van der Waals surface area (Å²) in [5.41, 5.74) is 2.60. The number of anilines is 1. The second-order valence-electron chi connectivity index (χ2n) is 6.88. The van der Waals surface area contributed by atoms with Crippen LogP contribution in [0.15, 0.2) is 54.6 Å². The molecule has 1 aliphatic rings. The van der Waals surface area contributed by atoms with Gasteiger partial charge in [0, 0.05) is 31.0 Å². The van der Waals surface area contributed by atoms with Crippen molar-refractivity contribution >= 4 is 40.7 Å². The van der Waals surface area contributed by atoms with Crippen LogP contribution in [-0.2, 0) is 11.2 Å². The Balaban J connectivity index is 1.49. The van der Waals surface area contributed by atoms with E-state index in [0.717, 1.165) is 28.1 Å². The molecule has 7 nitrogen and oxygen atoms in total. The Bertz CT molecular complexity index is 952. The van der Waals surface area contributed by atoms with E-state index in [1.54, 1.807) is 4.90 Å². The number of thioether (sulfide) groups is 1. The van der Waals surface area contributed by atoms with Crippen molar-refractivity contribution in [2.75, 3.05) is 29.9 Å². The second kappa shape index (κ2) is 9.00. The van der Waals surface area contributed by atoms with Crippen molar-refractivity contribution in [3.63, 3.8) is 0 Å². The summed E-state index contributed by atoms with van der Waals surface area (Å²) in [4.78, 5) is 35.0. The average molecular weight is 410 g/mol. The molecule has 0 spiro atoms. The molecular formula is C21H23N5O2S. The van der Waals surface area contributed by atoms with Crippen molar-refractivity contribution < 1.29 is 9.59 Å². The highest BCUT2D eigenvalue weighted by molar-refractivity contribution is 7.99. The first kappa shape index (κ1) is 19.3. The molecule has 0 bridgehead atoms. The highest BCUT2D eigenvalue weighted by Crippen LogP contribution is 2.15. The molecule has 2 heterocycles. The predicted molar refractivity (Wildman–Crippen MR) is 116 cm³/mol. The number of nitrogens with zero attached hydrogens (tertiary/aromatic N) is 2. The smallest absolute Gasteiger partial charge is 0.318 e. The molecular weight excluding hydrogens is 386 g/mol. The molecule has 1 saturated heterocycles. The number of fused-ring (bicyclic) bond motifs is 1. The van der Waals surface area contributed by atoms with Gasteiger partial charge in [0.15, 0.2) is 0 Å². The van der Waals surface area contributed by atoms with Crippen molar-refractivity contribution in [3.8, 4) is 0 Å². The number of benzene rings is 2. The lowest BCUT2D eigenvalue weighted by molar-refractivity contribution is -0.118. The third-order valence-corrected chi connectivity index (χ3v) is 5.77. The first-order valence-corrected chi connectivity index (χ1v) is 10.8. The molecule has 2 aromatic carbocycles. The Morgan fingerprint density at radius 3 is 2.55 bits per heavy atom. The van der Waals surface area contributed by atoms with Crippen molar-refractivity contribution in [2.24, 2.45) is 0 Å². The third-order valence-electron chi connectivity index (χ3n) is 4.83. The molecule has 0 unspecified atom stereocenters. The quantitative estimate of drug-likeness (QED) is 0.604. The van der Waals surface area contributed by atoms with E-state index in [0.29, 0.717) is 25.5 Å². The topological polar surface area (TPSA) is 90.1 Å². The maximum absolute atomic E-state index is 13.0. The standard InChI is InChI=1S/C21H23N5O2S/c27-19(25-20-22-16-8-4-5-9-17(16)23-20)18(14-15-6-2-1-3-7-15)24-21(28)26-10-12-29-13-11-26/h1-9,18H,10-14H2,(H,24,28)(H2,22,23,25,27)/t18-/m0/s1. The number of H-pyrrole nitrogens is 1. The van der Waals surface area contributed by atoms with Crippen molar-refractivity contribution in [1.29, 1.82) is 0 Å². The van der Waals surface area contributed by atoms with E-state index >= 15 is 0 Å². The van der Waals surface area contributed by atoms with Gasteiger partial charge < -0.3 is 15.2 Å². The lowest BCUT2D eigenvalue weighted by Gasteiger charge is -2.28. The summed E-state index contributed by atoms with van der Waals surface area (Å²) in [6.07, 6.45) is 0.404. The predicted octanol–water partition coefficient (Wildman–Crippen LogP) is 2.87. The largest absolute Gasteiger partial charge is 0.326 e. The maximum Gasteiger partial charge on any atom is 0.318 e. The number of aromatic amines is 1. The van der Waals surface area contributed by atoms with Crippen LogP contribution in [0.1, 0.15) is 5.56 Å². The Labute approximate surface area is 173 Å². The molecule has 3 N–H and O–H groups in total. The molecule has 1 fully saturated rings. The van der Waals surface area contributed by atoms with E-state index < -0.39 is 6.04 Å². The van der Waals surface area contributed by atoms with Crippen LogP contribution in [0.3, 0.4) is 0 Å². The highest BCUT2D eigenvalue weighted by atomic mass is 32.2. The summed E-state index contributed by atoms with van der Waals surface area (Å²) in [6, 6.07) is 16.3. The molecule has 8 heteroatoms. The SMILES string of the molecule is O=C(Nc1nc2ccccc2[nH]1)[C@H](Cc1ccccc1)NC(=O)N1CCSCC1. The van der Waals surface area contributed by atoms with Crippen LogP contribution in [0.25, 0.3) is 11.0 Å². The van der Waals surface area contributed by atoms with Crippen molar-refractivity contribution in [2.45, 2.75) is 12.5 Å². The Hall–Kier alpha value is -3.00. The van der Waals surface area contributed by atoms with Gasteiger partial charge in [0.25, 0.3) is 0 Å². The molecule has 0 saturated carbocycles. The van der Waals surface area contributed by atoms with Crippen molar-refractivity contribution in [3.05, 3.63) is 60.2 Å².